The molecule has 0 unspecified atom stereocenters. The van der Waals surface area contributed by atoms with E-state index in [0.717, 1.165) is 31.7 Å². The maximum Gasteiger partial charge on any atom is 0.191 e. The van der Waals surface area contributed by atoms with Crippen LogP contribution in [0.1, 0.15) is 32.1 Å². The second-order valence-electron chi connectivity index (χ2n) is 5.43. The minimum atomic E-state index is -0.219. The molecule has 1 aromatic carbocycles. The number of hydrogen-bond donors (Lipinski definition) is 2. The first-order valence-electron chi connectivity index (χ1n) is 7.80. The van der Waals surface area contributed by atoms with Gasteiger partial charge >= 0.3 is 0 Å². The fourth-order valence-corrected chi connectivity index (χ4v) is 2.50. The van der Waals surface area contributed by atoms with E-state index in [-0.39, 0.29) is 5.82 Å². The lowest BCUT2D eigenvalue weighted by Crippen LogP contribution is -2.38. The van der Waals surface area contributed by atoms with E-state index in [1.165, 1.54) is 37.8 Å². The molecule has 1 aromatic rings. The number of anilines is 1. The van der Waals surface area contributed by atoms with Crippen LogP contribution in [0.5, 0.6) is 0 Å². The van der Waals surface area contributed by atoms with Gasteiger partial charge in [0.1, 0.15) is 5.82 Å². The molecule has 1 heterocycles. The summed E-state index contributed by atoms with van der Waals surface area (Å²) in [5, 5.41) is 3.19. The molecule has 1 aliphatic heterocycles. The van der Waals surface area contributed by atoms with E-state index < -0.39 is 0 Å². The summed E-state index contributed by atoms with van der Waals surface area (Å²) in [4.78, 5) is 6.63. The number of aliphatic imine (C=N–C) groups is 1. The minimum absolute atomic E-state index is 0.219. The Bertz CT molecular complexity index is 453. The van der Waals surface area contributed by atoms with Crippen LogP contribution in [0.3, 0.4) is 0 Å². The molecule has 0 bridgehead atoms. The zero-order chi connectivity index (χ0) is 14.9. The van der Waals surface area contributed by atoms with Gasteiger partial charge in [-0.2, -0.15) is 0 Å². The molecule has 0 amide bonds. The summed E-state index contributed by atoms with van der Waals surface area (Å²) in [6.45, 7) is 3.51. The van der Waals surface area contributed by atoms with Crippen LogP contribution >= 0.6 is 0 Å². The fourth-order valence-electron chi connectivity index (χ4n) is 2.50. The molecule has 21 heavy (non-hydrogen) atoms. The molecule has 0 atom stereocenters. The summed E-state index contributed by atoms with van der Waals surface area (Å²) in [6.07, 6.45) is 5.88. The van der Waals surface area contributed by atoms with Gasteiger partial charge in [-0.3, -0.25) is 4.99 Å². The molecule has 2 rings (SSSR count). The Morgan fingerprint density at radius 1 is 1.24 bits per heavy atom. The fraction of sp³-hybridized carbons (Fsp3) is 0.562. The van der Waals surface area contributed by atoms with Gasteiger partial charge < -0.3 is 16.0 Å². The quantitative estimate of drug-likeness (QED) is 0.498. The van der Waals surface area contributed by atoms with Crippen molar-refractivity contribution < 1.29 is 4.39 Å². The summed E-state index contributed by atoms with van der Waals surface area (Å²) in [6, 6.07) is 6.50. The van der Waals surface area contributed by atoms with Crippen LogP contribution in [0.4, 0.5) is 10.1 Å². The van der Waals surface area contributed by atoms with Crippen molar-refractivity contribution in [1.29, 1.82) is 0 Å². The maximum absolute atomic E-state index is 13.0. The Labute approximate surface area is 126 Å². The molecule has 3 N–H and O–H groups in total. The Hall–Kier alpha value is -1.78. The highest BCUT2D eigenvalue weighted by Crippen LogP contribution is 2.10. The molecule has 5 heteroatoms. The molecule has 0 spiro atoms. The van der Waals surface area contributed by atoms with Gasteiger partial charge in [0, 0.05) is 31.9 Å². The number of halogens is 1. The van der Waals surface area contributed by atoms with Crippen molar-refractivity contribution in [3.05, 3.63) is 30.1 Å². The highest BCUT2D eigenvalue weighted by molar-refractivity contribution is 5.78. The van der Waals surface area contributed by atoms with Crippen LogP contribution in [0.25, 0.3) is 0 Å². The molecule has 0 saturated carbocycles. The highest BCUT2D eigenvalue weighted by atomic mass is 19.1. The van der Waals surface area contributed by atoms with Crippen molar-refractivity contribution in [3.63, 3.8) is 0 Å². The number of nitrogens with two attached hydrogens (primary N) is 1. The molecular weight excluding hydrogens is 267 g/mol. The monoisotopic (exact) mass is 292 g/mol. The van der Waals surface area contributed by atoms with E-state index in [0.29, 0.717) is 12.5 Å². The summed E-state index contributed by atoms with van der Waals surface area (Å²) >= 11 is 0. The highest BCUT2D eigenvalue weighted by Gasteiger charge is 2.10. The van der Waals surface area contributed by atoms with E-state index in [2.05, 4.69) is 15.2 Å². The average Bonchev–Trinajstić information content (AvgIpc) is 2.76. The molecule has 1 aliphatic rings. The van der Waals surface area contributed by atoms with Crippen molar-refractivity contribution in [1.82, 2.24) is 4.90 Å². The van der Waals surface area contributed by atoms with E-state index in [1.54, 1.807) is 6.07 Å². The lowest BCUT2D eigenvalue weighted by Gasteiger charge is -2.21. The topological polar surface area (TPSA) is 53.6 Å². The molecule has 4 nitrogen and oxygen atoms in total. The standard InChI is InChI=1S/C16H25FN4/c17-14-7-5-8-15(13-14)19-9-6-10-20-16(18)21-11-3-1-2-4-12-21/h5,7-8,13,19H,1-4,6,9-12H2,(H2,18,20). The van der Waals surface area contributed by atoms with Gasteiger partial charge in [0.2, 0.25) is 0 Å². The van der Waals surface area contributed by atoms with Crippen LogP contribution < -0.4 is 11.1 Å². The number of benzene rings is 1. The summed E-state index contributed by atoms with van der Waals surface area (Å²) < 4.78 is 13.0. The van der Waals surface area contributed by atoms with E-state index in [4.69, 9.17) is 5.73 Å². The summed E-state index contributed by atoms with van der Waals surface area (Å²) in [7, 11) is 0. The van der Waals surface area contributed by atoms with E-state index in [1.807, 2.05) is 6.07 Å². The number of nitrogens with one attached hydrogen (secondary N) is 1. The second-order valence-corrected chi connectivity index (χ2v) is 5.43. The third-order valence-corrected chi connectivity index (χ3v) is 3.69. The first kappa shape index (κ1) is 15.6. The normalized spacial score (nSPS) is 16.6. The Kier molecular flexibility index (Phi) is 6.31. The van der Waals surface area contributed by atoms with Gasteiger partial charge in [-0.1, -0.05) is 18.9 Å². The Morgan fingerprint density at radius 2 is 2.00 bits per heavy atom. The maximum atomic E-state index is 13.0. The zero-order valence-corrected chi connectivity index (χ0v) is 12.5. The number of hydrogen-bond acceptors (Lipinski definition) is 2. The molecule has 1 fully saturated rings. The molecule has 0 radical (unpaired) electrons. The first-order valence-corrected chi connectivity index (χ1v) is 7.80. The SMILES string of the molecule is NC(=NCCCNc1cccc(F)c1)N1CCCCCC1. The van der Waals surface area contributed by atoms with Gasteiger partial charge in [-0.25, -0.2) is 4.39 Å². The minimum Gasteiger partial charge on any atom is -0.385 e. The van der Waals surface area contributed by atoms with E-state index in [9.17, 15) is 4.39 Å². The molecule has 0 aromatic heterocycles. The predicted octanol–water partition coefficient (Wildman–Crippen LogP) is 2.82. The van der Waals surface area contributed by atoms with Crippen LogP contribution in [0, 0.1) is 5.82 Å². The molecule has 1 saturated heterocycles. The number of rotatable bonds is 5. The zero-order valence-electron chi connectivity index (χ0n) is 12.5. The van der Waals surface area contributed by atoms with Crippen molar-refractivity contribution in [2.24, 2.45) is 10.7 Å². The summed E-state index contributed by atoms with van der Waals surface area (Å²) in [5.41, 5.74) is 6.84. The molecule has 0 aliphatic carbocycles. The Balaban J connectivity index is 1.67. The number of nitrogens with zero attached hydrogens (tertiary/aromatic N) is 2. The van der Waals surface area contributed by atoms with Crippen LogP contribution in [0.15, 0.2) is 29.3 Å². The third-order valence-electron chi connectivity index (χ3n) is 3.69. The first-order chi connectivity index (χ1) is 10.3. The smallest absolute Gasteiger partial charge is 0.191 e. The molecule has 116 valence electrons. The van der Waals surface area contributed by atoms with Gasteiger partial charge in [0.05, 0.1) is 0 Å². The van der Waals surface area contributed by atoms with Gasteiger partial charge in [-0.15, -0.1) is 0 Å². The van der Waals surface area contributed by atoms with Crippen molar-refractivity contribution in [2.45, 2.75) is 32.1 Å². The average molecular weight is 292 g/mol. The van der Waals surface area contributed by atoms with Crippen LogP contribution in [-0.2, 0) is 0 Å². The predicted molar refractivity (Wildman–Crippen MR) is 86.0 cm³/mol. The molecular formula is C16H25FN4. The third kappa shape index (κ3) is 5.61. The van der Waals surface area contributed by atoms with Crippen molar-refractivity contribution >= 4 is 11.6 Å². The van der Waals surface area contributed by atoms with Crippen molar-refractivity contribution in [2.75, 3.05) is 31.5 Å². The number of likely N-dealkylation sites (tertiary alicyclic amines) is 1. The lowest BCUT2D eigenvalue weighted by molar-refractivity contribution is 0.428. The summed E-state index contributed by atoms with van der Waals surface area (Å²) in [5.74, 6) is 0.450. The largest absolute Gasteiger partial charge is 0.385 e. The van der Waals surface area contributed by atoms with Crippen molar-refractivity contribution in [3.8, 4) is 0 Å². The van der Waals surface area contributed by atoms with Crippen LogP contribution in [-0.4, -0.2) is 37.0 Å². The van der Waals surface area contributed by atoms with Crippen LogP contribution in [0.2, 0.25) is 0 Å². The van der Waals surface area contributed by atoms with Gasteiger partial charge in [0.25, 0.3) is 0 Å². The van der Waals surface area contributed by atoms with E-state index >= 15 is 0 Å². The second kappa shape index (κ2) is 8.49. The Morgan fingerprint density at radius 3 is 2.71 bits per heavy atom. The van der Waals surface area contributed by atoms with Gasteiger partial charge in [0.15, 0.2) is 5.96 Å². The lowest BCUT2D eigenvalue weighted by atomic mass is 10.2. The number of guanidine groups is 1. The van der Waals surface area contributed by atoms with Gasteiger partial charge in [-0.05, 0) is 37.5 Å².